The number of nitrogens with one attached hydrogen (secondary N) is 1. The van der Waals surface area contributed by atoms with Gasteiger partial charge in [0.1, 0.15) is 0 Å². The summed E-state index contributed by atoms with van der Waals surface area (Å²) in [6.45, 7) is 2.18. The molecule has 0 saturated heterocycles. The molecular weight excluding hydrogens is 240 g/mol. The molecule has 1 heterocycles. The number of rotatable bonds is 6. The van der Waals surface area contributed by atoms with Gasteiger partial charge in [-0.25, -0.2) is 0 Å². The van der Waals surface area contributed by atoms with E-state index in [-0.39, 0.29) is 6.04 Å². The van der Waals surface area contributed by atoms with E-state index in [0.29, 0.717) is 0 Å². The fourth-order valence-electron chi connectivity index (χ4n) is 2.04. The Morgan fingerprint density at radius 3 is 2.56 bits per heavy atom. The third-order valence-electron chi connectivity index (χ3n) is 3.14. The summed E-state index contributed by atoms with van der Waals surface area (Å²) < 4.78 is 0. The lowest BCUT2D eigenvalue weighted by molar-refractivity contribution is 0.524. The van der Waals surface area contributed by atoms with Crippen molar-refractivity contribution in [2.45, 2.75) is 32.2 Å². The number of thiophene rings is 1. The molecule has 2 nitrogen and oxygen atoms in total. The summed E-state index contributed by atoms with van der Waals surface area (Å²) in [5.41, 5.74) is 4.30. The average Bonchev–Trinajstić information content (AvgIpc) is 2.89. The van der Waals surface area contributed by atoms with Crippen molar-refractivity contribution < 1.29 is 0 Å². The molecule has 18 heavy (non-hydrogen) atoms. The molecule has 1 atom stereocenters. The fraction of sp³-hybridized carbons (Fsp3) is 0.333. The second kappa shape index (κ2) is 6.69. The van der Waals surface area contributed by atoms with Gasteiger partial charge in [-0.1, -0.05) is 37.3 Å². The number of hydrazine groups is 1. The van der Waals surface area contributed by atoms with Gasteiger partial charge in [0.2, 0.25) is 0 Å². The highest BCUT2D eigenvalue weighted by atomic mass is 32.1. The Kier molecular flexibility index (Phi) is 4.93. The Bertz CT molecular complexity index is 464. The van der Waals surface area contributed by atoms with E-state index in [4.69, 9.17) is 5.84 Å². The number of hydrogen-bond donors (Lipinski definition) is 2. The Balaban J connectivity index is 1.97. The number of aryl methyl sites for hydroxylation is 2. The Labute approximate surface area is 113 Å². The smallest absolute Gasteiger partial charge is 0.0556 e. The predicted molar refractivity (Wildman–Crippen MR) is 78.5 cm³/mol. The molecular formula is C15H20N2S. The minimum Gasteiger partial charge on any atom is -0.271 e. The van der Waals surface area contributed by atoms with Crippen molar-refractivity contribution in [3.63, 3.8) is 0 Å². The van der Waals surface area contributed by atoms with Crippen LogP contribution in [0.4, 0.5) is 0 Å². The molecule has 0 aliphatic carbocycles. The Hall–Kier alpha value is -1.16. The molecule has 0 aliphatic heterocycles. The molecule has 0 spiro atoms. The molecule has 1 aromatic heterocycles. The molecule has 0 aliphatic rings. The zero-order chi connectivity index (χ0) is 12.8. The van der Waals surface area contributed by atoms with Crippen LogP contribution in [0.25, 0.3) is 0 Å². The van der Waals surface area contributed by atoms with E-state index in [1.165, 1.54) is 15.3 Å². The molecule has 1 aromatic carbocycles. The molecule has 2 rings (SSSR count). The minimum atomic E-state index is 0.260. The summed E-state index contributed by atoms with van der Waals surface area (Å²) in [7, 11) is 0. The van der Waals surface area contributed by atoms with E-state index < -0.39 is 0 Å². The van der Waals surface area contributed by atoms with Crippen molar-refractivity contribution in [3.8, 4) is 0 Å². The average molecular weight is 260 g/mol. The number of hydrogen-bond acceptors (Lipinski definition) is 3. The molecule has 0 saturated carbocycles. The van der Waals surface area contributed by atoms with Crippen LogP contribution in [-0.4, -0.2) is 0 Å². The van der Waals surface area contributed by atoms with Crippen LogP contribution >= 0.6 is 11.3 Å². The lowest BCUT2D eigenvalue weighted by Crippen LogP contribution is -2.27. The zero-order valence-electron chi connectivity index (χ0n) is 10.7. The standard InChI is InChI=1S/C15H20N2S/c1-2-13-9-11-15(18-13)14(17-16)10-8-12-6-4-3-5-7-12/h3-7,9,11,14,17H,2,8,10,16H2,1H3. The van der Waals surface area contributed by atoms with Crippen LogP contribution in [0.2, 0.25) is 0 Å². The van der Waals surface area contributed by atoms with Gasteiger partial charge >= 0.3 is 0 Å². The fourth-order valence-corrected chi connectivity index (χ4v) is 3.08. The highest BCUT2D eigenvalue weighted by Crippen LogP contribution is 2.26. The second-order valence-corrected chi connectivity index (χ2v) is 5.60. The molecule has 0 bridgehead atoms. The van der Waals surface area contributed by atoms with Gasteiger partial charge in [0.05, 0.1) is 6.04 Å². The first-order chi connectivity index (χ1) is 8.83. The lowest BCUT2D eigenvalue weighted by atomic mass is 10.0. The van der Waals surface area contributed by atoms with Gasteiger partial charge in [0, 0.05) is 9.75 Å². The van der Waals surface area contributed by atoms with E-state index in [0.717, 1.165) is 19.3 Å². The maximum absolute atomic E-state index is 5.68. The van der Waals surface area contributed by atoms with Crippen molar-refractivity contribution in [2.24, 2.45) is 5.84 Å². The van der Waals surface area contributed by atoms with Gasteiger partial charge in [0.15, 0.2) is 0 Å². The monoisotopic (exact) mass is 260 g/mol. The number of nitrogens with two attached hydrogens (primary N) is 1. The first-order valence-corrected chi connectivity index (χ1v) is 7.23. The van der Waals surface area contributed by atoms with Crippen molar-refractivity contribution >= 4 is 11.3 Å². The largest absolute Gasteiger partial charge is 0.271 e. The first kappa shape index (κ1) is 13.3. The number of benzene rings is 1. The summed E-state index contributed by atoms with van der Waals surface area (Å²) in [5.74, 6) is 5.68. The van der Waals surface area contributed by atoms with E-state index in [2.05, 4.69) is 54.8 Å². The van der Waals surface area contributed by atoms with Crippen molar-refractivity contribution in [2.75, 3.05) is 0 Å². The van der Waals surface area contributed by atoms with E-state index in [9.17, 15) is 0 Å². The zero-order valence-corrected chi connectivity index (χ0v) is 11.5. The molecule has 0 fully saturated rings. The molecule has 0 radical (unpaired) electrons. The topological polar surface area (TPSA) is 38.0 Å². The van der Waals surface area contributed by atoms with Crippen LogP contribution in [0.5, 0.6) is 0 Å². The second-order valence-electron chi connectivity index (χ2n) is 4.40. The predicted octanol–water partition coefficient (Wildman–Crippen LogP) is 3.45. The van der Waals surface area contributed by atoms with E-state index >= 15 is 0 Å². The van der Waals surface area contributed by atoms with E-state index in [1.807, 2.05) is 11.3 Å². The van der Waals surface area contributed by atoms with Gasteiger partial charge in [-0.05, 0) is 37.0 Å². The summed E-state index contributed by atoms with van der Waals surface area (Å²) in [6.07, 6.45) is 3.18. The third-order valence-corrected chi connectivity index (χ3v) is 4.48. The SMILES string of the molecule is CCc1ccc(C(CCc2ccccc2)NN)s1. The van der Waals surface area contributed by atoms with Crippen molar-refractivity contribution in [1.82, 2.24) is 5.43 Å². The quantitative estimate of drug-likeness (QED) is 0.616. The summed E-state index contributed by atoms with van der Waals surface area (Å²) in [6, 6.07) is 15.2. The van der Waals surface area contributed by atoms with Gasteiger partial charge in [-0.2, -0.15) is 0 Å². The molecule has 0 amide bonds. The van der Waals surface area contributed by atoms with Gasteiger partial charge < -0.3 is 0 Å². The van der Waals surface area contributed by atoms with Crippen LogP contribution in [0.1, 0.15) is 34.7 Å². The van der Waals surface area contributed by atoms with Crippen molar-refractivity contribution in [1.29, 1.82) is 0 Å². The van der Waals surface area contributed by atoms with Crippen LogP contribution in [0.15, 0.2) is 42.5 Å². The van der Waals surface area contributed by atoms with E-state index in [1.54, 1.807) is 0 Å². The van der Waals surface area contributed by atoms with Crippen LogP contribution in [0, 0.1) is 0 Å². The molecule has 1 unspecified atom stereocenters. The maximum atomic E-state index is 5.68. The first-order valence-electron chi connectivity index (χ1n) is 6.42. The summed E-state index contributed by atoms with van der Waals surface area (Å²) in [5, 5.41) is 0. The molecule has 2 aromatic rings. The lowest BCUT2D eigenvalue weighted by Gasteiger charge is -2.14. The molecule has 96 valence electrons. The van der Waals surface area contributed by atoms with Gasteiger partial charge in [-0.3, -0.25) is 11.3 Å². The highest BCUT2D eigenvalue weighted by Gasteiger charge is 2.11. The van der Waals surface area contributed by atoms with Gasteiger partial charge in [0.25, 0.3) is 0 Å². The van der Waals surface area contributed by atoms with Crippen LogP contribution < -0.4 is 11.3 Å². The van der Waals surface area contributed by atoms with Crippen LogP contribution in [-0.2, 0) is 12.8 Å². The molecule has 3 heteroatoms. The van der Waals surface area contributed by atoms with Crippen molar-refractivity contribution in [3.05, 3.63) is 57.8 Å². The Morgan fingerprint density at radius 1 is 1.17 bits per heavy atom. The summed E-state index contributed by atoms with van der Waals surface area (Å²) >= 11 is 1.86. The van der Waals surface area contributed by atoms with Gasteiger partial charge in [-0.15, -0.1) is 11.3 Å². The summed E-state index contributed by atoms with van der Waals surface area (Å²) in [4.78, 5) is 2.76. The highest BCUT2D eigenvalue weighted by molar-refractivity contribution is 7.12. The minimum absolute atomic E-state index is 0.260. The normalized spacial score (nSPS) is 12.6. The third kappa shape index (κ3) is 3.42. The Morgan fingerprint density at radius 2 is 1.94 bits per heavy atom. The molecule has 3 N–H and O–H groups in total. The van der Waals surface area contributed by atoms with Crippen LogP contribution in [0.3, 0.4) is 0 Å². The maximum Gasteiger partial charge on any atom is 0.0556 e.